The van der Waals surface area contributed by atoms with E-state index in [-0.39, 0.29) is 0 Å². The second-order valence-corrected chi connectivity index (χ2v) is 9.55. The molecule has 0 aliphatic heterocycles. The maximum atomic E-state index is 9.63. The molecule has 0 atom stereocenters. The highest BCUT2D eigenvalue weighted by Crippen LogP contribution is 2.32. The van der Waals surface area contributed by atoms with Gasteiger partial charge in [-0.15, -0.1) is 6.58 Å². The molecule has 182 valence electrons. The first-order chi connectivity index (χ1) is 16.2. The summed E-state index contributed by atoms with van der Waals surface area (Å²) in [6, 6.07) is 15.2. The minimum Gasteiger partial charge on any atom is -0.508 e. The number of allylic oxidation sites excluding steroid dienone is 1. The van der Waals surface area contributed by atoms with Crippen molar-refractivity contribution in [1.82, 2.24) is 0 Å². The number of phenols is 2. The lowest BCUT2D eigenvalue weighted by atomic mass is 9.86. The van der Waals surface area contributed by atoms with Crippen LogP contribution in [0.2, 0.25) is 0 Å². The van der Waals surface area contributed by atoms with Gasteiger partial charge >= 0.3 is 0 Å². The van der Waals surface area contributed by atoms with E-state index in [0.29, 0.717) is 17.4 Å². The van der Waals surface area contributed by atoms with Gasteiger partial charge in [0, 0.05) is 5.92 Å². The average Bonchev–Trinajstić information content (AvgIpc) is 2.83. The third kappa shape index (κ3) is 12.0. The van der Waals surface area contributed by atoms with Crippen molar-refractivity contribution in [2.45, 2.75) is 109 Å². The van der Waals surface area contributed by atoms with E-state index in [0.717, 1.165) is 6.42 Å². The summed E-state index contributed by atoms with van der Waals surface area (Å²) in [5.74, 6) is 0.929. The lowest BCUT2D eigenvalue weighted by Gasteiger charge is -2.18. The van der Waals surface area contributed by atoms with Crippen LogP contribution in [-0.2, 0) is 0 Å². The lowest BCUT2D eigenvalue weighted by Crippen LogP contribution is -2.01. The van der Waals surface area contributed by atoms with E-state index < -0.39 is 0 Å². The predicted molar refractivity (Wildman–Crippen MR) is 142 cm³/mol. The Labute approximate surface area is 202 Å². The molecule has 2 rings (SSSR count). The van der Waals surface area contributed by atoms with Crippen molar-refractivity contribution in [1.29, 1.82) is 0 Å². The number of unbranched alkanes of at least 4 members (excludes halogenated alkanes) is 14. The van der Waals surface area contributed by atoms with Gasteiger partial charge in [-0.05, 0) is 54.7 Å². The third-order valence-corrected chi connectivity index (χ3v) is 6.74. The highest BCUT2D eigenvalue weighted by atomic mass is 16.3. The third-order valence-electron chi connectivity index (χ3n) is 6.74. The summed E-state index contributed by atoms with van der Waals surface area (Å²) < 4.78 is 0. The van der Waals surface area contributed by atoms with Gasteiger partial charge in [-0.3, -0.25) is 0 Å². The smallest absolute Gasteiger partial charge is 0.115 e. The molecule has 0 spiro atoms. The molecule has 0 saturated heterocycles. The quantitative estimate of drug-likeness (QED) is 0.165. The van der Waals surface area contributed by atoms with Crippen LogP contribution in [0.3, 0.4) is 0 Å². The molecule has 0 aliphatic rings. The van der Waals surface area contributed by atoms with Crippen molar-refractivity contribution >= 4 is 0 Å². The van der Waals surface area contributed by atoms with Crippen molar-refractivity contribution in [3.63, 3.8) is 0 Å². The molecule has 0 unspecified atom stereocenters. The Bertz CT molecular complexity index is 687. The molecule has 2 heteroatoms. The topological polar surface area (TPSA) is 40.5 Å². The molecular weight excluding hydrogens is 404 g/mol. The lowest BCUT2D eigenvalue weighted by molar-refractivity contribution is 0.474. The van der Waals surface area contributed by atoms with Crippen LogP contribution in [0.5, 0.6) is 11.5 Å². The summed E-state index contributed by atoms with van der Waals surface area (Å²) in [7, 11) is 0. The van der Waals surface area contributed by atoms with E-state index in [9.17, 15) is 10.2 Å². The Hall–Kier alpha value is -2.22. The standard InChI is InChI=1S/C31H46O2/c1-2-3-4-5-6-7-8-9-10-11-12-13-14-15-16-17-18-31(27-19-23-29(32)24-20-27)28-21-25-30(33)26-22-28/h2,19-26,31-33H,1,3-18H2. The van der Waals surface area contributed by atoms with Crippen molar-refractivity contribution in [3.8, 4) is 11.5 Å². The molecule has 33 heavy (non-hydrogen) atoms. The van der Waals surface area contributed by atoms with Crippen LogP contribution in [0.25, 0.3) is 0 Å². The second kappa shape index (κ2) is 17.3. The largest absolute Gasteiger partial charge is 0.508 e. The Morgan fingerprint density at radius 2 is 0.848 bits per heavy atom. The first kappa shape index (κ1) is 27.0. The minimum atomic E-state index is 0.308. The van der Waals surface area contributed by atoms with Crippen LogP contribution in [0.4, 0.5) is 0 Å². The van der Waals surface area contributed by atoms with Crippen LogP contribution < -0.4 is 0 Å². The summed E-state index contributed by atoms with van der Waals surface area (Å²) in [5, 5.41) is 19.3. The van der Waals surface area contributed by atoms with Crippen LogP contribution in [0.15, 0.2) is 61.2 Å². The van der Waals surface area contributed by atoms with Crippen molar-refractivity contribution in [2.75, 3.05) is 0 Å². The summed E-state index contributed by atoms with van der Waals surface area (Å²) >= 11 is 0. The highest BCUT2D eigenvalue weighted by molar-refractivity contribution is 5.37. The average molecular weight is 451 g/mol. The molecule has 0 radical (unpaired) electrons. The molecule has 2 aromatic rings. The molecule has 0 bridgehead atoms. The summed E-state index contributed by atoms with van der Waals surface area (Å²) in [4.78, 5) is 0. The van der Waals surface area contributed by atoms with Crippen molar-refractivity contribution < 1.29 is 10.2 Å². The minimum absolute atomic E-state index is 0.308. The maximum Gasteiger partial charge on any atom is 0.115 e. The zero-order valence-electron chi connectivity index (χ0n) is 20.7. The molecule has 0 amide bonds. The number of hydrogen-bond acceptors (Lipinski definition) is 2. The van der Waals surface area contributed by atoms with Gasteiger partial charge in [0.05, 0.1) is 0 Å². The number of aromatic hydroxyl groups is 2. The van der Waals surface area contributed by atoms with Gasteiger partial charge in [0.1, 0.15) is 11.5 Å². The number of rotatable bonds is 19. The van der Waals surface area contributed by atoms with E-state index in [1.54, 1.807) is 24.3 Å². The Morgan fingerprint density at radius 1 is 0.515 bits per heavy atom. The van der Waals surface area contributed by atoms with Crippen LogP contribution in [0, 0.1) is 0 Å². The van der Waals surface area contributed by atoms with Gasteiger partial charge in [0.2, 0.25) is 0 Å². The molecule has 2 N–H and O–H groups in total. The maximum absolute atomic E-state index is 9.63. The fourth-order valence-electron chi connectivity index (χ4n) is 4.70. The van der Waals surface area contributed by atoms with Crippen LogP contribution >= 0.6 is 0 Å². The Morgan fingerprint density at radius 3 is 1.21 bits per heavy atom. The van der Waals surface area contributed by atoms with E-state index in [1.165, 1.54) is 107 Å². The molecule has 0 heterocycles. The molecular formula is C31H46O2. The van der Waals surface area contributed by atoms with E-state index >= 15 is 0 Å². The van der Waals surface area contributed by atoms with E-state index in [2.05, 4.69) is 6.58 Å². The van der Waals surface area contributed by atoms with Gasteiger partial charge < -0.3 is 10.2 Å². The van der Waals surface area contributed by atoms with Crippen molar-refractivity contribution in [2.24, 2.45) is 0 Å². The summed E-state index contributed by atoms with van der Waals surface area (Å²) in [6.45, 7) is 3.78. The number of hydrogen-bond donors (Lipinski definition) is 2. The summed E-state index contributed by atoms with van der Waals surface area (Å²) in [6.07, 6.45) is 23.4. The summed E-state index contributed by atoms with van der Waals surface area (Å²) in [5.41, 5.74) is 2.46. The van der Waals surface area contributed by atoms with Crippen LogP contribution in [0.1, 0.15) is 120 Å². The molecule has 0 aromatic heterocycles. The second-order valence-electron chi connectivity index (χ2n) is 9.55. The first-order valence-electron chi connectivity index (χ1n) is 13.4. The Balaban J connectivity index is 1.54. The first-order valence-corrected chi connectivity index (χ1v) is 13.4. The zero-order chi connectivity index (χ0) is 23.6. The van der Waals surface area contributed by atoms with Gasteiger partial charge in [-0.25, -0.2) is 0 Å². The normalized spacial score (nSPS) is 11.2. The SMILES string of the molecule is C=CCCCCCCCCCCCCCCCCC(c1ccc(O)cc1)c1ccc(O)cc1. The molecule has 0 saturated carbocycles. The molecule has 2 aromatic carbocycles. The highest BCUT2D eigenvalue weighted by Gasteiger charge is 2.14. The van der Waals surface area contributed by atoms with Gasteiger partial charge in [-0.2, -0.15) is 0 Å². The van der Waals surface area contributed by atoms with E-state index in [1.807, 2.05) is 30.3 Å². The zero-order valence-corrected chi connectivity index (χ0v) is 20.7. The van der Waals surface area contributed by atoms with Gasteiger partial charge in [0.15, 0.2) is 0 Å². The van der Waals surface area contributed by atoms with E-state index in [4.69, 9.17) is 0 Å². The number of benzene rings is 2. The number of phenolic OH excluding ortho intramolecular Hbond substituents is 2. The predicted octanol–water partition coefficient (Wildman–Crippen LogP) is 9.66. The molecule has 0 aliphatic carbocycles. The van der Waals surface area contributed by atoms with Crippen molar-refractivity contribution in [3.05, 3.63) is 72.3 Å². The van der Waals surface area contributed by atoms with Crippen LogP contribution in [-0.4, -0.2) is 10.2 Å². The Kier molecular flexibility index (Phi) is 14.2. The monoisotopic (exact) mass is 450 g/mol. The fraction of sp³-hybridized carbons (Fsp3) is 0.548. The molecule has 2 nitrogen and oxygen atoms in total. The molecule has 0 fully saturated rings. The fourth-order valence-corrected chi connectivity index (χ4v) is 4.70. The van der Waals surface area contributed by atoms with Gasteiger partial charge in [0.25, 0.3) is 0 Å². The van der Waals surface area contributed by atoms with Gasteiger partial charge in [-0.1, -0.05) is 114 Å².